The first kappa shape index (κ1) is 14.5. The maximum Gasteiger partial charge on any atom is 0.450 e. The molecule has 1 unspecified atom stereocenters. The molecule has 0 fully saturated rings. The Bertz CT molecular complexity index is 413. The van der Waals surface area contributed by atoms with Crippen molar-refractivity contribution in [3.05, 3.63) is 5.89 Å². The predicted octanol–water partition coefficient (Wildman–Crippen LogP) is 2.15. The number of hydrogen-bond acceptors (Lipinski definition) is 5. The van der Waals surface area contributed by atoms with Gasteiger partial charge in [-0.1, -0.05) is 0 Å². The first-order valence-electron chi connectivity index (χ1n) is 5.50. The summed E-state index contributed by atoms with van der Waals surface area (Å²) >= 11 is 0. The van der Waals surface area contributed by atoms with Gasteiger partial charge in [-0.25, -0.2) is 0 Å². The van der Waals surface area contributed by atoms with E-state index in [1.54, 1.807) is 4.90 Å². The smallest absolute Gasteiger partial charge is 0.339 e. The van der Waals surface area contributed by atoms with E-state index in [0.717, 1.165) is 6.92 Å². The van der Waals surface area contributed by atoms with Gasteiger partial charge in [0.15, 0.2) is 0 Å². The lowest BCUT2D eigenvalue weighted by atomic mass is 10.1. The van der Waals surface area contributed by atoms with Gasteiger partial charge in [0.1, 0.15) is 5.92 Å². The van der Waals surface area contributed by atoms with E-state index >= 15 is 0 Å². The van der Waals surface area contributed by atoms with Crippen LogP contribution in [0.2, 0.25) is 0 Å². The molecule has 0 aliphatic carbocycles. The number of ketones is 1. The summed E-state index contributed by atoms with van der Waals surface area (Å²) in [6.45, 7) is 5.98. The Morgan fingerprint density at radius 1 is 1.39 bits per heavy atom. The van der Waals surface area contributed by atoms with Crippen molar-refractivity contribution in [1.82, 2.24) is 10.1 Å². The molecule has 8 heteroatoms. The van der Waals surface area contributed by atoms with Gasteiger partial charge >= 0.3 is 6.18 Å². The number of carbonyl (C=O) groups excluding carboxylic acids is 1. The van der Waals surface area contributed by atoms with Crippen LogP contribution in [0.4, 0.5) is 19.1 Å². The monoisotopic (exact) mass is 265 g/mol. The zero-order valence-electron chi connectivity index (χ0n) is 10.3. The van der Waals surface area contributed by atoms with E-state index in [1.165, 1.54) is 0 Å². The molecule has 1 atom stereocenters. The Morgan fingerprint density at radius 3 is 2.39 bits per heavy atom. The Balaban J connectivity index is 2.89. The van der Waals surface area contributed by atoms with Crippen LogP contribution in [0.5, 0.6) is 0 Å². The highest BCUT2D eigenvalue weighted by atomic mass is 19.4. The van der Waals surface area contributed by atoms with Gasteiger partial charge in [-0.15, -0.1) is 0 Å². The summed E-state index contributed by atoms with van der Waals surface area (Å²) in [4.78, 5) is 16.5. The molecular weight excluding hydrogens is 251 g/mol. The molecule has 0 radical (unpaired) electrons. The highest BCUT2D eigenvalue weighted by Crippen LogP contribution is 2.27. The second-order valence-corrected chi connectivity index (χ2v) is 3.69. The normalized spacial score (nSPS) is 13.4. The largest absolute Gasteiger partial charge is 0.450 e. The van der Waals surface area contributed by atoms with Crippen molar-refractivity contribution in [2.75, 3.05) is 18.0 Å². The Kier molecular flexibility index (Phi) is 4.31. The topological polar surface area (TPSA) is 59.2 Å². The third kappa shape index (κ3) is 2.99. The highest BCUT2D eigenvalue weighted by Gasteiger charge is 2.44. The van der Waals surface area contributed by atoms with Gasteiger partial charge in [-0.05, 0) is 25.9 Å². The molecule has 0 amide bonds. The maximum absolute atomic E-state index is 12.2. The van der Waals surface area contributed by atoms with Crippen molar-refractivity contribution < 1.29 is 22.5 Å². The van der Waals surface area contributed by atoms with Crippen LogP contribution in [0.25, 0.3) is 0 Å². The number of Topliss-reactive ketones (excluding diaryl/α,β-unsaturated/α-hetero) is 1. The molecule has 18 heavy (non-hydrogen) atoms. The molecule has 1 aromatic rings. The van der Waals surface area contributed by atoms with Gasteiger partial charge in [0.05, 0.1) is 0 Å². The zero-order chi connectivity index (χ0) is 13.9. The van der Waals surface area contributed by atoms with Crippen molar-refractivity contribution >= 4 is 11.7 Å². The van der Waals surface area contributed by atoms with Crippen molar-refractivity contribution in [1.29, 1.82) is 0 Å². The number of rotatable bonds is 5. The summed E-state index contributed by atoms with van der Waals surface area (Å²) in [6, 6.07) is 0. The quantitative estimate of drug-likeness (QED) is 0.816. The second kappa shape index (κ2) is 5.36. The van der Waals surface area contributed by atoms with Crippen LogP contribution >= 0.6 is 0 Å². The molecular formula is C10H14F3N3O2. The Morgan fingerprint density at radius 2 is 1.94 bits per heavy atom. The summed E-state index contributed by atoms with van der Waals surface area (Å²) in [5.74, 6) is -3.50. The van der Waals surface area contributed by atoms with E-state index in [-0.39, 0.29) is 11.8 Å². The minimum atomic E-state index is -4.90. The Hall–Kier alpha value is -1.60. The number of nitrogens with zero attached hydrogens (tertiary/aromatic N) is 3. The van der Waals surface area contributed by atoms with E-state index in [0.29, 0.717) is 13.1 Å². The van der Waals surface area contributed by atoms with Crippen LogP contribution in [0.15, 0.2) is 4.52 Å². The lowest BCUT2D eigenvalue weighted by Gasteiger charge is -2.14. The molecule has 0 bridgehead atoms. The Labute approximate surface area is 102 Å². The highest BCUT2D eigenvalue weighted by molar-refractivity contribution is 5.89. The molecule has 0 aliphatic heterocycles. The van der Waals surface area contributed by atoms with E-state index < -0.39 is 17.9 Å². The van der Waals surface area contributed by atoms with Crippen LogP contribution in [0, 0.1) is 0 Å². The molecule has 0 spiro atoms. The summed E-state index contributed by atoms with van der Waals surface area (Å²) < 4.78 is 41.4. The maximum atomic E-state index is 12.2. The summed E-state index contributed by atoms with van der Waals surface area (Å²) in [7, 11) is 0. The number of anilines is 1. The molecule has 1 rings (SSSR count). The molecule has 0 N–H and O–H groups in total. The van der Waals surface area contributed by atoms with Crippen molar-refractivity contribution in [2.45, 2.75) is 32.9 Å². The fourth-order valence-electron chi connectivity index (χ4n) is 1.40. The van der Waals surface area contributed by atoms with E-state index in [9.17, 15) is 18.0 Å². The van der Waals surface area contributed by atoms with Crippen LogP contribution in [-0.2, 0) is 4.79 Å². The zero-order valence-corrected chi connectivity index (χ0v) is 10.3. The van der Waals surface area contributed by atoms with Crippen LogP contribution in [-0.4, -0.2) is 35.2 Å². The predicted molar refractivity (Wildman–Crippen MR) is 57.3 cm³/mol. The lowest BCUT2D eigenvalue weighted by molar-refractivity contribution is -0.172. The lowest BCUT2D eigenvalue weighted by Crippen LogP contribution is -2.28. The third-order valence-corrected chi connectivity index (χ3v) is 2.52. The summed E-state index contributed by atoms with van der Waals surface area (Å²) in [5, 5.41) is 3.56. The number of hydrogen-bond donors (Lipinski definition) is 0. The minimum Gasteiger partial charge on any atom is -0.339 e. The fourth-order valence-corrected chi connectivity index (χ4v) is 1.40. The average molecular weight is 265 g/mol. The number of aromatic nitrogens is 2. The van der Waals surface area contributed by atoms with Gasteiger partial charge in [0.25, 0.3) is 5.95 Å². The average Bonchev–Trinajstić information content (AvgIpc) is 2.77. The second-order valence-electron chi connectivity index (χ2n) is 3.69. The van der Waals surface area contributed by atoms with Crippen LogP contribution in [0.3, 0.4) is 0 Å². The third-order valence-electron chi connectivity index (χ3n) is 2.52. The van der Waals surface area contributed by atoms with E-state index in [2.05, 4.69) is 10.1 Å². The number of halogens is 3. The van der Waals surface area contributed by atoms with E-state index in [4.69, 9.17) is 4.52 Å². The molecule has 1 heterocycles. The minimum absolute atomic E-state index is 0.192. The first-order valence-corrected chi connectivity index (χ1v) is 5.50. The van der Waals surface area contributed by atoms with Crippen LogP contribution < -0.4 is 4.90 Å². The standard InChI is InChI=1S/C10H14F3N3O2/c1-4-16(5-2)9-14-8(18-15-9)6(3)7(17)10(11,12)13/h6H,4-5H2,1-3H3. The molecule has 102 valence electrons. The van der Waals surface area contributed by atoms with Gasteiger partial charge in [0, 0.05) is 13.1 Å². The van der Waals surface area contributed by atoms with Crippen LogP contribution in [0.1, 0.15) is 32.6 Å². The molecule has 0 aromatic carbocycles. The first-order chi connectivity index (χ1) is 8.31. The van der Waals surface area contributed by atoms with Gasteiger partial charge < -0.3 is 9.42 Å². The summed E-state index contributed by atoms with van der Waals surface area (Å²) in [5.41, 5.74) is 0. The van der Waals surface area contributed by atoms with Gasteiger partial charge in [0.2, 0.25) is 11.7 Å². The fraction of sp³-hybridized carbons (Fsp3) is 0.700. The SMILES string of the molecule is CCN(CC)c1noc(C(C)C(=O)C(F)(F)F)n1. The van der Waals surface area contributed by atoms with Gasteiger partial charge in [-0.2, -0.15) is 18.2 Å². The summed E-state index contributed by atoms with van der Waals surface area (Å²) in [6.07, 6.45) is -4.90. The molecule has 0 aliphatic rings. The molecule has 1 aromatic heterocycles. The van der Waals surface area contributed by atoms with Gasteiger partial charge in [-0.3, -0.25) is 4.79 Å². The number of alkyl halides is 3. The van der Waals surface area contributed by atoms with E-state index in [1.807, 2.05) is 13.8 Å². The molecule has 0 saturated carbocycles. The van der Waals surface area contributed by atoms with Crippen molar-refractivity contribution in [3.8, 4) is 0 Å². The van der Waals surface area contributed by atoms with Crippen molar-refractivity contribution in [3.63, 3.8) is 0 Å². The van der Waals surface area contributed by atoms with Crippen molar-refractivity contribution in [2.24, 2.45) is 0 Å². The number of carbonyl (C=O) groups is 1. The molecule has 0 saturated heterocycles. The molecule has 5 nitrogen and oxygen atoms in total.